The fourth-order valence-electron chi connectivity index (χ4n) is 2.21. The molecule has 2 aromatic heterocycles. The van der Waals surface area contributed by atoms with Crippen molar-refractivity contribution >= 4 is 0 Å². The Balaban J connectivity index is 1.60. The third-order valence-electron chi connectivity index (χ3n) is 3.21. The molecule has 1 saturated heterocycles. The third kappa shape index (κ3) is 2.56. The molecule has 0 radical (unpaired) electrons. The van der Waals surface area contributed by atoms with Crippen LogP contribution in [0.15, 0.2) is 29.0 Å². The fraction of sp³-hybridized carbons (Fsp3) is 0.462. The normalized spacial score (nSPS) is 19.2. The first-order valence-electron chi connectivity index (χ1n) is 6.36. The molecular formula is C13H16N4O. The maximum Gasteiger partial charge on any atom is 0.227 e. The lowest BCUT2D eigenvalue weighted by Gasteiger charge is -2.01. The van der Waals surface area contributed by atoms with E-state index in [0.29, 0.717) is 5.89 Å². The number of hydrogen-bond acceptors (Lipinski definition) is 5. The molecule has 0 aromatic carbocycles. The highest BCUT2D eigenvalue weighted by molar-refractivity contribution is 5.09. The van der Waals surface area contributed by atoms with Crippen LogP contribution >= 0.6 is 0 Å². The van der Waals surface area contributed by atoms with Crippen molar-refractivity contribution in [3.05, 3.63) is 41.8 Å². The van der Waals surface area contributed by atoms with E-state index in [4.69, 9.17) is 4.52 Å². The van der Waals surface area contributed by atoms with Crippen molar-refractivity contribution in [3.8, 4) is 0 Å². The van der Waals surface area contributed by atoms with E-state index in [0.717, 1.165) is 31.6 Å². The van der Waals surface area contributed by atoms with Crippen LogP contribution in [0.5, 0.6) is 0 Å². The first-order valence-corrected chi connectivity index (χ1v) is 6.36. The highest BCUT2D eigenvalue weighted by Gasteiger charge is 2.21. The average molecular weight is 244 g/mol. The first-order chi connectivity index (χ1) is 8.92. The van der Waals surface area contributed by atoms with Gasteiger partial charge in [-0.05, 0) is 37.4 Å². The van der Waals surface area contributed by atoms with Gasteiger partial charge in [0, 0.05) is 18.8 Å². The van der Waals surface area contributed by atoms with Crippen molar-refractivity contribution < 1.29 is 4.52 Å². The summed E-state index contributed by atoms with van der Waals surface area (Å²) in [6.45, 7) is 1.05. The maximum atomic E-state index is 5.28. The predicted molar refractivity (Wildman–Crippen MR) is 65.9 cm³/mol. The smallest absolute Gasteiger partial charge is 0.227 e. The maximum absolute atomic E-state index is 5.28. The van der Waals surface area contributed by atoms with Crippen molar-refractivity contribution in [3.63, 3.8) is 0 Å². The second kappa shape index (κ2) is 5.27. The molecule has 3 rings (SSSR count). The van der Waals surface area contributed by atoms with Crippen LogP contribution in [0.2, 0.25) is 0 Å². The summed E-state index contributed by atoms with van der Waals surface area (Å²) < 4.78 is 5.28. The lowest BCUT2D eigenvalue weighted by atomic mass is 10.1. The van der Waals surface area contributed by atoms with Crippen LogP contribution in [-0.2, 0) is 12.8 Å². The number of hydrogen-bond donors (Lipinski definition) is 1. The molecule has 0 bridgehead atoms. The van der Waals surface area contributed by atoms with Gasteiger partial charge in [0.05, 0.1) is 6.04 Å². The highest BCUT2D eigenvalue weighted by Crippen LogP contribution is 2.20. The SMILES string of the molecule is c1cncc(CCc2nc(C3CCCN3)no2)c1. The van der Waals surface area contributed by atoms with Gasteiger partial charge >= 0.3 is 0 Å². The zero-order valence-electron chi connectivity index (χ0n) is 10.2. The minimum Gasteiger partial charge on any atom is -0.339 e. The van der Waals surface area contributed by atoms with Crippen LogP contribution < -0.4 is 5.32 Å². The Labute approximate surface area is 106 Å². The van der Waals surface area contributed by atoms with Gasteiger partial charge in [-0.2, -0.15) is 4.98 Å². The van der Waals surface area contributed by atoms with Crippen LogP contribution in [0.25, 0.3) is 0 Å². The van der Waals surface area contributed by atoms with Crippen LogP contribution in [-0.4, -0.2) is 21.7 Å². The molecular weight excluding hydrogens is 228 g/mol. The summed E-state index contributed by atoms with van der Waals surface area (Å²) in [5, 5.41) is 7.41. The predicted octanol–water partition coefficient (Wildman–Crippen LogP) is 1.67. The molecule has 1 fully saturated rings. The molecule has 3 heterocycles. The Morgan fingerprint density at radius 1 is 1.39 bits per heavy atom. The molecule has 5 nitrogen and oxygen atoms in total. The van der Waals surface area contributed by atoms with Crippen LogP contribution in [0.1, 0.15) is 36.2 Å². The third-order valence-corrected chi connectivity index (χ3v) is 3.21. The summed E-state index contributed by atoms with van der Waals surface area (Å²) >= 11 is 0. The summed E-state index contributed by atoms with van der Waals surface area (Å²) in [6.07, 6.45) is 7.58. The Kier molecular flexibility index (Phi) is 3.32. The molecule has 0 saturated carbocycles. The van der Waals surface area contributed by atoms with E-state index in [-0.39, 0.29) is 6.04 Å². The first kappa shape index (κ1) is 11.3. The Bertz CT molecular complexity index is 491. The molecule has 1 atom stereocenters. The molecule has 0 amide bonds. The zero-order chi connectivity index (χ0) is 12.2. The van der Waals surface area contributed by atoms with Crippen molar-refractivity contribution in [2.24, 2.45) is 0 Å². The van der Waals surface area contributed by atoms with Gasteiger partial charge in [0.1, 0.15) is 0 Å². The quantitative estimate of drug-likeness (QED) is 0.886. The number of rotatable bonds is 4. The molecule has 18 heavy (non-hydrogen) atoms. The van der Waals surface area contributed by atoms with E-state index in [9.17, 15) is 0 Å². The topological polar surface area (TPSA) is 63.8 Å². The van der Waals surface area contributed by atoms with E-state index in [1.54, 1.807) is 6.20 Å². The molecule has 5 heteroatoms. The van der Waals surface area contributed by atoms with Gasteiger partial charge in [0.25, 0.3) is 0 Å². The molecule has 0 spiro atoms. The molecule has 1 aliphatic heterocycles. The minimum atomic E-state index is 0.279. The average Bonchev–Trinajstić information content (AvgIpc) is 3.08. The molecule has 0 aliphatic carbocycles. The molecule has 1 aliphatic rings. The van der Waals surface area contributed by atoms with Crippen molar-refractivity contribution in [1.82, 2.24) is 20.4 Å². The molecule has 1 N–H and O–H groups in total. The minimum absolute atomic E-state index is 0.279. The van der Waals surface area contributed by atoms with Crippen molar-refractivity contribution in [1.29, 1.82) is 0 Å². The van der Waals surface area contributed by atoms with E-state index in [2.05, 4.69) is 26.5 Å². The number of aromatic nitrogens is 3. The summed E-state index contributed by atoms with van der Waals surface area (Å²) in [6, 6.07) is 4.28. The van der Waals surface area contributed by atoms with Gasteiger partial charge in [0.15, 0.2) is 5.82 Å². The summed E-state index contributed by atoms with van der Waals surface area (Å²) in [4.78, 5) is 8.54. The number of nitrogens with one attached hydrogen (secondary N) is 1. The Morgan fingerprint density at radius 2 is 2.39 bits per heavy atom. The lowest BCUT2D eigenvalue weighted by Crippen LogP contribution is -2.14. The molecule has 1 unspecified atom stereocenters. The zero-order valence-corrected chi connectivity index (χ0v) is 10.2. The standard InChI is InChI=1S/C13H16N4O/c1-3-10(9-14-7-1)5-6-12-16-13(17-18-12)11-4-2-8-15-11/h1,3,7,9,11,15H,2,4-6,8H2. The van der Waals surface area contributed by atoms with Crippen LogP contribution in [0.3, 0.4) is 0 Å². The largest absolute Gasteiger partial charge is 0.339 e. The second-order valence-electron chi connectivity index (χ2n) is 4.56. The van der Waals surface area contributed by atoms with Gasteiger partial charge < -0.3 is 9.84 Å². The van der Waals surface area contributed by atoms with E-state index in [1.165, 1.54) is 12.0 Å². The lowest BCUT2D eigenvalue weighted by molar-refractivity contribution is 0.368. The number of pyridine rings is 1. The second-order valence-corrected chi connectivity index (χ2v) is 4.56. The van der Waals surface area contributed by atoms with Crippen molar-refractivity contribution in [2.75, 3.05) is 6.54 Å². The summed E-state index contributed by atoms with van der Waals surface area (Å²) in [5.74, 6) is 1.51. The fourth-order valence-corrected chi connectivity index (χ4v) is 2.21. The van der Waals surface area contributed by atoms with E-state index < -0.39 is 0 Å². The van der Waals surface area contributed by atoms with Gasteiger partial charge in [-0.25, -0.2) is 0 Å². The number of aryl methyl sites for hydroxylation is 2. The highest BCUT2D eigenvalue weighted by atomic mass is 16.5. The molecule has 2 aromatic rings. The Hall–Kier alpha value is -1.75. The van der Waals surface area contributed by atoms with Crippen molar-refractivity contribution in [2.45, 2.75) is 31.7 Å². The van der Waals surface area contributed by atoms with Gasteiger partial charge in [-0.3, -0.25) is 4.98 Å². The Morgan fingerprint density at radius 3 is 3.17 bits per heavy atom. The molecule has 94 valence electrons. The van der Waals surface area contributed by atoms with E-state index >= 15 is 0 Å². The van der Waals surface area contributed by atoms with Gasteiger partial charge in [-0.1, -0.05) is 11.2 Å². The van der Waals surface area contributed by atoms with Crippen LogP contribution in [0, 0.1) is 0 Å². The summed E-state index contributed by atoms with van der Waals surface area (Å²) in [7, 11) is 0. The van der Waals surface area contributed by atoms with Gasteiger partial charge in [0.2, 0.25) is 5.89 Å². The summed E-state index contributed by atoms with van der Waals surface area (Å²) in [5.41, 5.74) is 1.19. The van der Waals surface area contributed by atoms with Gasteiger partial charge in [-0.15, -0.1) is 0 Å². The monoisotopic (exact) mass is 244 g/mol. The van der Waals surface area contributed by atoms with E-state index in [1.807, 2.05) is 12.3 Å². The number of nitrogens with zero attached hydrogens (tertiary/aromatic N) is 3. The van der Waals surface area contributed by atoms with Crippen LogP contribution in [0.4, 0.5) is 0 Å².